The van der Waals surface area contributed by atoms with Gasteiger partial charge < -0.3 is 14.5 Å². The van der Waals surface area contributed by atoms with Crippen LogP contribution in [0.5, 0.6) is 5.75 Å². The molecule has 0 radical (unpaired) electrons. The van der Waals surface area contributed by atoms with Gasteiger partial charge in [0.1, 0.15) is 11.6 Å². The second kappa shape index (κ2) is 9.37. The molecule has 7 nitrogen and oxygen atoms in total. The summed E-state index contributed by atoms with van der Waals surface area (Å²) in [6, 6.07) is 20.6. The predicted molar refractivity (Wildman–Crippen MR) is 136 cm³/mol. The summed E-state index contributed by atoms with van der Waals surface area (Å²) >= 11 is 6.37. The summed E-state index contributed by atoms with van der Waals surface area (Å²) in [6.45, 7) is 3.66. The maximum absolute atomic E-state index is 13.3. The number of benzene rings is 3. The number of para-hydroxylation sites is 1. The van der Waals surface area contributed by atoms with Crippen LogP contribution in [0.2, 0.25) is 5.02 Å². The van der Waals surface area contributed by atoms with Gasteiger partial charge in [0.25, 0.3) is 5.91 Å². The van der Waals surface area contributed by atoms with Crippen LogP contribution < -0.4 is 15.2 Å². The van der Waals surface area contributed by atoms with Gasteiger partial charge in [0.2, 0.25) is 0 Å². The summed E-state index contributed by atoms with van der Waals surface area (Å²) in [5.74, 6) is 1.25. The second-order valence-corrected chi connectivity index (χ2v) is 8.82. The van der Waals surface area contributed by atoms with Crippen molar-refractivity contribution in [1.82, 2.24) is 15.2 Å². The lowest BCUT2D eigenvalue weighted by Gasteiger charge is -2.35. The van der Waals surface area contributed by atoms with E-state index in [-0.39, 0.29) is 5.91 Å². The number of hydrazine groups is 1. The van der Waals surface area contributed by atoms with E-state index in [9.17, 15) is 4.79 Å². The molecule has 2 aliphatic heterocycles. The predicted octanol–water partition coefficient (Wildman–Crippen LogP) is 4.47. The maximum Gasteiger partial charge on any atom is 0.270 e. The van der Waals surface area contributed by atoms with Gasteiger partial charge in [-0.05, 0) is 55.6 Å². The molecule has 0 atom stereocenters. The lowest BCUT2D eigenvalue weighted by Crippen LogP contribution is -2.47. The largest absolute Gasteiger partial charge is 0.497 e. The molecule has 34 heavy (non-hydrogen) atoms. The number of amides is 1. The van der Waals surface area contributed by atoms with Crippen molar-refractivity contribution in [1.29, 1.82) is 0 Å². The molecular formula is C26H26ClN5O2. The number of halogens is 1. The second-order valence-electron chi connectivity index (χ2n) is 8.38. The molecule has 8 heteroatoms. The fourth-order valence-electron chi connectivity index (χ4n) is 4.25. The fourth-order valence-corrected chi connectivity index (χ4v) is 4.41. The van der Waals surface area contributed by atoms with E-state index in [1.54, 1.807) is 30.3 Å². The molecule has 0 spiro atoms. The van der Waals surface area contributed by atoms with Crippen LogP contribution in [-0.4, -0.2) is 61.9 Å². The third kappa shape index (κ3) is 4.32. The molecule has 0 aromatic heterocycles. The van der Waals surface area contributed by atoms with Crippen LogP contribution in [0.3, 0.4) is 0 Å². The third-order valence-corrected chi connectivity index (χ3v) is 6.37. The van der Waals surface area contributed by atoms with Gasteiger partial charge in [-0.1, -0.05) is 29.8 Å². The van der Waals surface area contributed by atoms with Crippen molar-refractivity contribution in [3.8, 4) is 5.75 Å². The maximum atomic E-state index is 13.3. The van der Waals surface area contributed by atoms with Gasteiger partial charge in [-0.15, -0.1) is 0 Å². The van der Waals surface area contributed by atoms with E-state index < -0.39 is 0 Å². The number of likely N-dealkylation sites (N-methyl/N-ethyl adjacent to an activating group) is 1. The SMILES string of the molecule is COc1cccc(C(=O)NN2c3ccc(Cl)cc3N=C(N3CCN(C)CC3)c3ccccc32)c1. The number of carbonyl (C=O) groups excluding carboxylic acids is 1. The Morgan fingerprint density at radius 1 is 0.971 bits per heavy atom. The Kier molecular flexibility index (Phi) is 6.13. The van der Waals surface area contributed by atoms with Crippen molar-refractivity contribution >= 4 is 40.4 Å². The summed E-state index contributed by atoms with van der Waals surface area (Å²) in [4.78, 5) is 23.0. The van der Waals surface area contributed by atoms with Gasteiger partial charge in [0, 0.05) is 42.3 Å². The van der Waals surface area contributed by atoms with E-state index in [2.05, 4.69) is 22.3 Å². The van der Waals surface area contributed by atoms with Crippen molar-refractivity contribution in [2.45, 2.75) is 0 Å². The number of methoxy groups -OCH3 is 1. The number of carbonyl (C=O) groups is 1. The number of hydrogen-bond donors (Lipinski definition) is 1. The van der Waals surface area contributed by atoms with Gasteiger partial charge in [-0.25, -0.2) is 4.99 Å². The summed E-state index contributed by atoms with van der Waals surface area (Å²) in [5, 5.41) is 2.39. The first-order valence-corrected chi connectivity index (χ1v) is 11.6. The minimum Gasteiger partial charge on any atom is -0.497 e. The van der Waals surface area contributed by atoms with Crippen molar-refractivity contribution in [3.05, 3.63) is 82.9 Å². The quantitative estimate of drug-likeness (QED) is 0.605. The number of nitrogens with zero attached hydrogens (tertiary/aromatic N) is 4. The minimum absolute atomic E-state index is 0.252. The highest BCUT2D eigenvalue weighted by molar-refractivity contribution is 6.31. The van der Waals surface area contributed by atoms with Gasteiger partial charge in [0.15, 0.2) is 0 Å². The number of hydrogen-bond acceptors (Lipinski definition) is 6. The van der Waals surface area contributed by atoms with Crippen molar-refractivity contribution in [3.63, 3.8) is 0 Å². The third-order valence-electron chi connectivity index (χ3n) is 6.14. The molecule has 1 fully saturated rings. The van der Waals surface area contributed by atoms with Crippen molar-refractivity contribution in [2.75, 3.05) is 45.3 Å². The van der Waals surface area contributed by atoms with Crippen LogP contribution in [0, 0.1) is 0 Å². The number of fused-ring (bicyclic) bond motifs is 2. The average Bonchev–Trinajstić information content (AvgIpc) is 2.99. The molecule has 1 amide bonds. The summed E-state index contributed by atoms with van der Waals surface area (Å²) in [5.41, 5.74) is 6.82. The zero-order valence-corrected chi connectivity index (χ0v) is 19.9. The van der Waals surface area contributed by atoms with Gasteiger partial charge in [0.05, 0.1) is 24.2 Å². The summed E-state index contributed by atoms with van der Waals surface area (Å²) in [6.07, 6.45) is 0. The summed E-state index contributed by atoms with van der Waals surface area (Å²) in [7, 11) is 3.71. The smallest absolute Gasteiger partial charge is 0.270 e. The van der Waals surface area contributed by atoms with Crippen LogP contribution >= 0.6 is 11.6 Å². The first kappa shape index (κ1) is 22.3. The number of ether oxygens (including phenoxy) is 1. The Labute approximate surface area is 204 Å². The van der Waals surface area contributed by atoms with Crippen molar-refractivity contribution in [2.24, 2.45) is 4.99 Å². The first-order valence-electron chi connectivity index (χ1n) is 11.2. The highest BCUT2D eigenvalue weighted by Crippen LogP contribution is 2.40. The first-order chi connectivity index (χ1) is 16.5. The van der Waals surface area contributed by atoms with Crippen LogP contribution in [0.4, 0.5) is 17.1 Å². The molecular weight excluding hydrogens is 450 g/mol. The van der Waals surface area contributed by atoms with E-state index in [1.807, 2.05) is 48.5 Å². The number of aliphatic imine (C=N–C) groups is 1. The van der Waals surface area contributed by atoms with Crippen LogP contribution in [0.25, 0.3) is 0 Å². The van der Waals surface area contributed by atoms with E-state index >= 15 is 0 Å². The Hall–Kier alpha value is -3.55. The normalized spacial score (nSPS) is 15.7. The highest BCUT2D eigenvalue weighted by Gasteiger charge is 2.28. The van der Waals surface area contributed by atoms with Crippen LogP contribution in [0.1, 0.15) is 15.9 Å². The number of nitrogens with one attached hydrogen (secondary N) is 1. The number of amidine groups is 1. The topological polar surface area (TPSA) is 60.4 Å². The molecule has 0 aliphatic carbocycles. The van der Waals surface area contributed by atoms with Gasteiger partial charge in [-0.2, -0.15) is 0 Å². The molecule has 2 aliphatic rings. The van der Waals surface area contributed by atoms with E-state index in [0.717, 1.165) is 49.0 Å². The highest BCUT2D eigenvalue weighted by atomic mass is 35.5. The summed E-state index contributed by atoms with van der Waals surface area (Å²) < 4.78 is 5.29. The average molecular weight is 476 g/mol. The van der Waals surface area contributed by atoms with E-state index in [0.29, 0.717) is 22.0 Å². The molecule has 0 saturated carbocycles. The van der Waals surface area contributed by atoms with E-state index in [4.69, 9.17) is 21.3 Å². The molecule has 3 aromatic rings. The molecule has 2 heterocycles. The molecule has 1 saturated heterocycles. The van der Waals surface area contributed by atoms with Crippen LogP contribution in [0.15, 0.2) is 71.7 Å². The molecule has 5 rings (SSSR count). The van der Waals surface area contributed by atoms with Gasteiger partial charge in [-0.3, -0.25) is 15.2 Å². The fraction of sp³-hybridized carbons (Fsp3) is 0.231. The number of rotatable bonds is 3. The monoisotopic (exact) mass is 475 g/mol. The lowest BCUT2D eigenvalue weighted by atomic mass is 10.1. The van der Waals surface area contributed by atoms with Gasteiger partial charge >= 0.3 is 0 Å². The lowest BCUT2D eigenvalue weighted by molar-refractivity contribution is 0.0953. The molecule has 3 aromatic carbocycles. The Bertz CT molecular complexity index is 1250. The Balaban J connectivity index is 1.59. The number of anilines is 2. The molecule has 0 bridgehead atoms. The standard InChI is InChI=1S/C26H26ClN5O2/c1-30-12-14-31(15-13-30)25-21-8-3-4-9-23(21)32(24-11-10-19(27)17-22(24)28-25)29-26(33)18-6-5-7-20(16-18)34-2/h3-11,16-17H,12-15H2,1-2H3,(H,29,33). The molecule has 1 N–H and O–H groups in total. The molecule has 174 valence electrons. The van der Waals surface area contributed by atoms with E-state index in [1.165, 1.54) is 0 Å². The Morgan fingerprint density at radius 2 is 1.76 bits per heavy atom. The van der Waals surface area contributed by atoms with Crippen molar-refractivity contribution < 1.29 is 9.53 Å². The number of piperazine rings is 1. The van der Waals surface area contributed by atoms with Crippen LogP contribution in [-0.2, 0) is 0 Å². The molecule has 0 unspecified atom stereocenters. The zero-order valence-electron chi connectivity index (χ0n) is 19.2. The minimum atomic E-state index is -0.252. The zero-order chi connectivity index (χ0) is 23.7. The Morgan fingerprint density at radius 3 is 2.56 bits per heavy atom.